The number of aromatic amines is 1. The van der Waals surface area contributed by atoms with Crippen molar-refractivity contribution in [1.29, 1.82) is 0 Å². The number of nitrogen functional groups attached to an aromatic ring is 2. The number of nitrogens with zero attached hydrogens (tertiary/aromatic N) is 4. The Bertz CT molecular complexity index is 966. The van der Waals surface area contributed by atoms with E-state index in [2.05, 4.69) is 20.2 Å². The number of benzene rings is 1. The first-order valence-corrected chi connectivity index (χ1v) is 7.97. The van der Waals surface area contributed by atoms with Crippen LogP contribution in [0.2, 0.25) is 0 Å². The third-order valence-corrected chi connectivity index (χ3v) is 4.49. The maximum atomic E-state index is 11.7. The molecular weight excluding hydrogens is 320 g/mol. The van der Waals surface area contributed by atoms with Crippen LogP contribution in [0, 0.1) is 0 Å². The molecule has 3 aromatic rings. The van der Waals surface area contributed by atoms with Crippen molar-refractivity contribution in [3.8, 4) is 11.3 Å². The normalized spacial score (nSPS) is 17.3. The van der Waals surface area contributed by atoms with Gasteiger partial charge in [-0.15, -0.1) is 0 Å². The summed E-state index contributed by atoms with van der Waals surface area (Å²) < 4.78 is 0. The van der Waals surface area contributed by atoms with Crippen LogP contribution < -0.4 is 22.1 Å². The molecule has 1 amide bonds. The molecule has 7 N–H and O–H groups in total. The van der Waals surface area contributed by atoms with Crippen molar-refractivity contribution in [2.45, 2.75) is 18.9 Å². The summed E-state index contributed by atoms with van der Waals surface area (Å²) in [4.78, 5) is 22.1. The fourth-order valence-corrected chi connectivity index (χ4v) is 3.28. The number of nitrogens with two attached hydrogens (primary N) is 3. The van der Waals surface area contributed by atoms with E-state index in [9.17, 15) is 4.79 Å². The highest BCUT2D eigenvalue weighted by Gasteiger charge is 2.30. The largest absolute Gasteiger partial charge is 0.382 e. The van der Waals surface area contributed by atoms with E-state index in [1.807, 2.05) is 29.2 Å². The lowest BCUT2D eigenvalue weighted by atomic mass is 10.1. The van der Waals surface area contributed by atoms with Crippen molar-refractivity contribution < 1.29 is 4.79 Å². The molecule has 1 atom stereocenters. The van der Waals surface area contributed by atoms with Crippen LogP contribution in [-0.2, 0) is 4.79 Å². The SMILES string of the molecule is NC(=O)C1CCCN1c1cc(-c2ccc3c(N)n[nH]c3c2)nc(N)n1. The summed E-state index contributed by atoms with van der Waals surface area (Å²) in [6.07, 6.45) is 1.60. The van der Waals surface area contributed by atoms with Gasteiger partial charge in [-0.3, -0.25) is 9.89 Å². The third kappa shape index (κ3) is 2.59. The van der Waals surface area contributed by atoms with Crippen LogP contribution in [0.3, 0.4) is 0 Å². The number of anilines is 3. The number of carbonyl (C=O) groups excluding carboxylic acids is 1. The lowest BCUT2D eigenvalue weighted by molar-refractivity contribution is -0.119. The molecule has 1 unspecified atom stereocenters. The summed E-state index contributed by atoms with van der Waals surface area (Å²) in [6, 6.07) is 7.13. The van der Waals surface area contributed by atoms with Crippen LogP contribution in [0.1, 0.15) is 12.8 Å². The van der Waals surface area contributed by atoms with Crippen molar-refractivity contribution in [3.63, 3.8) is 0 Å². The Morgan fingerprint density at radius 1 is 1.24 bits per heavy atom. The summed E-state index contributed by atoms with van der Waals surface area (Å²) in [5, 5.41) is 7.72. The van der Waals surface area contributed by atoms with E-state index in [-0.39, 0.29) is 17.9 Å². The number of fused-ring (bicyclic) bond motifs is 1. The van der Waals surface area contributed by atoms with Gasteiger partial charge in [0.2, 0.25) is 11.9 Å². The quantitative estimate of drug-likeness (QED) is 0.546. The average Bonchev–Trinajstić information content (AvgIpc) is 3.21. The summed E-state index contributed by atoms with van der Waals surface area (Å²) in [5.41, 5.74) is 19.5. The van der Waals surface area contributed by atoms with E-state index in [1.54, 1.807) is 0 Å². The molecule has 0 aliphatic carbocycles. The summed E-state index contributed by atoms with van der Waals surface area (Å²) >= 11 is 0. The highest BCUT2D eigenvalue weighted by atomic mass is 16.1. The molecular formula is C16H18N8O. The lowest BCUT2D eigenvalue weighted by Crippen LogP contribution is -2.40. The molecule has 1 aromatic carbocycles. The van der Waals surface area contributed by atoms with E-state index in [4.69, 9.17) is 17.2 Å². The van der Waals surface area contributed by atoms with Gasteiger partial charge in [0, 0.05) is 23.6 Å². The van der Waals surface area contributed by atoms with Gasteiger partial charge in [-0.25, -0.2) is 4.98 Å². The minimum absolute atomic E-state index is 0.145. The Morgan fingerprint density at radius 2 is 2.08 bits per heavy atom. The van der Waals surface area contributed by atoms with Gasteiger partial charge in [-0.05, 0) is 25.0 Å². The second-order valence-corrected chi connectivity index (χ2v) is 6.09. The average molecular weight is 338 g/mol. The number of rotatable bonds is 3. The van der Waals surface area contributed by atoms with E-state index < -0.39 is 0 Å². The van der Waals surface area contributed by atoms with Crippen LogP contribution in [0.5, 0.6) is 0 Å². The smallest absolute Gasteiger partial charge is 0.240 e. The van der Waals surface area contributed by atoms with Crippen molar-refractivity contribution in [3.05, 3.63) is 24.3 Å². The predicted octanol–water partition coefficient (Wildman–Crippen LogP) is 0.638. The van der Waals surface area contributed by atoms with Crippen molar-refractivity contribution in [2.24, 2.45) is 5.73 Å². The van der Waals surface area contributed by atoms with Gasteiger partial charge in [0.1, 0.15) is 11.9 Å². The molecule has 9 heteroatoms. The molecule has 0 spiro atoms. The van der Waals surface area contributed by atoms with Crippen molar-refractivity contribution >= 4 is 34.4 Å². The Morgan fingerprint density at radius 3 is 2.88 bits per heavy atom. The molecule has 1 aliphatic rings. The second kappa shape index (κ2) is 5.62. The number of nitrogens with one attached hydrogen (secondary N) is 1. The second-order valence-electron chi connectivity index (χ2n) is 6.09. The minimum atomic E-state index is -0.364. The third-order valence-electron chi connectivity index (χ3n) is 4.49. The first kappa shape index (κ1) is 15.2. The summed E-state index contributed by atoms with van der Waals surface area (Å²) in [6.45, 7) is 0.708. The molecule has 1 fully saturated rings. The standard InChI is InChI=1S/C16H18N8O/c17-14-9-4-3-8(6-11(9)22-23-14)10-7-13(21-16(19)20-10)24-5-1-2-12(24)15(18)25/h3-4,6-7,12H,1-2,5H2,(H2,18,25)(H3,17,22,23)(H2,19,20,21). The van der Waals surface area contributed by atoms with Gasteiger partial charge < -0.3 is 22.1 Å². The van der Waals surface area contributed by atoms with Crippen LogP contribution in [0.25, 0.3) is 22.2 Å². The minimum Gasteiger partial charge on any atom is -0.382 e. The van der Waals surface area contributed by atoms with Crippen LogP contribution in [0.15, 0.2) is 24.3 Å². The van der Waals surface area contributed by atoms with E-state index >= 15 is 0 Å². The molecule has 128 valence electrons. The highest BCUT2D eigenvalue weighted by molar-refractivity contribution is 5.91. The van der Waals surface area contributed by atoms with Gasteiger partial charge in [-0.1, -0.05) is 6.07 Å². The highest BCUT2D eigenvalue weighted by Crippen LogP contribution is 2.30. The molecule has 0 bridgehead atoms. The lowest BCUT2D eigenvalue weighted by Gasteiger charge is -2.23. The molecule has 0 radical (unpaired) electrons. The monoisotopic (exact) mass is 338 g/mol. The van der Waals surface area contributed by atoms with Gasteiger partial charge in [-0.2, -0.15) is 10.1 Å². The fraction of sp³-hybridized carbons (Fsp3) is 0.250. The van der Waals surface area contributed by atoms with E-state index in [0.717, 1.165) is 22.9 Å². The molecule has 9 nitrogen and oxygen atoms in total. The zero-order valence-corrected chi connectivity index (χ0v) is 13.4. The Hall–Kier alpha value is -3.36. The van der Waals surface area contributed by atoms with Crippen LogP contribution in [0.4, 0.5) is 17.6 Å². The zero-order valence-electron chi connectivity index (χ0n) is 13.4. The number of H-pyrrole nitrogens is 1. The van der Waals surface area contributed by atoms with Gasteiger partial charge in [0.05, 0.1) is 11.2 Å². The summed E-state index contributed by atoms with van der Waals surface area (Å²) in [5.74, 6) is 0.844. The van der Waals surface area contributed by atoms with E-state index in [0.29, 0.717) is 30.3 Å². The zero-order chi connectivity index (χ0) is 17.6. The topological polar surface area (TPSA) is 153 Å². The van der Waals surface area contributed by atoms with Gasteiger partial charge in [0.25, 0.3) is 0 Å². The van der Waals surface area contributed by atoms with Gasteiger partial charge in [0.15, 0.2) is 5.82 Å². The maximum absolute atomic E-state index is 11.7. The van der Waals surface area contributed by atoms with Crippen LogP contribution in [-0.4, -0.2) is 38.7 Å². The Labute approximate surface area is 143 Å². The Balaban J connectivity index is 1.77. The first-order chi connectivity index (χ1) is 12.0. The van der Waals surface area contributed by atoms with Crippen molar-refractivity contribution in [1.82, 2.24) is 20.2 Å². The molecule has 25 heavy (non-hydrogen) atoms. The molecule has 2 aromatic heterocycles. The number of amides is 1. The molecule has 1 aliphatic heterocycles. The first-order valence-electron chi connectivity index (χ1n) is 7.97. The molecule has 0 saturated carbocycles. The maximum Gasteiger partial charge on any atom is 0.240 e. The fourth-order valence-electron chi connectivity index (χ4n) is 3.28. The number of carbonyl (C=O) groups is 1. The Kier molecular flexibility index (Phi) is 3.41. The number of primary amides is 1. The van der Waals surface area contributed by atoms with Crippen LogP contribution >= 0.6 is 0 Å². The number of aromatic nitrogens is 4. The molecule has 1 saturated heterocycles. The number of hydrogen-bond acceptors (Lipinski definition) is 7. The van der Waals surface area contributed by atoms with Gasteiger partial charge >= 0.3 is 0 Å². The predicted molar refractivity (Wildman–Crippen MR) is 95.5 cm³/mol. The molecule has 4 rings (SSSR count). The number of hydrogen-bond donors (Lipinski definition) is 4. The molecule has 3 heterocycles. The summed E-state index contributed by atoms with van der Waals surface area (Å²) in [7, 11) is 0. The van der Waals surface area contributed by atoms with E-state index in [1.165, 1.54) is 0 Å². The van der Waals surface area contributed by atoms with Crippen molar-refractivity contribution in [2.75, 3.05) is 22.9 Å².